The molecule has 1 rings (SSSR count). The molecule has 1 aliphatic rings. The monoisotopic (exact) mass is 343 g/mol. The predicted molar refractivity (Wildman–Crippen MR) is 93.5 cm³/mol. The molecule has 1 aliphatic heterocycles. The van der Waals surface area contributed by atoms with Crippen molar-refractivity contribution in [1.29, 1.82) is 0 Å². The summed E-state index contributed by atoms with van der Waals surface area (Å²) in [5, 5.41) is 27.5. The fourth-order valence-corrected chi connectivity index (χ4v) is 3.27. The fourth-order valence-electron chi connectivity index (χ4n) is 3.27. The molecule has 2 atom stereocenters. The summed E-state index contributed by atoms with van der Waals surface area (Å²) < 4.78 is 0. The number of hydrogen-bond donors (Lipinski definition) is 5. The molecule has 1 heterocycles. The lowest BCUT2D eigenvalue weighted by Crippen LogP contribution is -2.55. The number of aliphatic imine (C=N–C) groups is 1. The van der Waals surface area contributed by atoms with Gasteiger partial charge in [0.25, 0.3) is 0 Å². The predicted octanol–water partition coefficient (Wildman–Crippen LogP) is -1.78. The van der Waals surface area contributed by atoms with Crippen LogP contribution < -0.4 is 11.5 Å². The lowest BCUT2D eigenvalue weighted by Gasteiger charge is -2.31. The summed E-state index contributed by atoms with van der Waals surface area (Å²) >= 11 is 0. The molecule has 0 aromatic rings. The Bertz CT molecular complexity index is 451. The third-order valence-corrected chi connectivity index (χ3v) is 4.58. The average molecular weight is 343 g/mol. The van der Waals surface area contributed by atoms with Crippen molar-refractivity contribution in [2.75, 3.05) is 39.8 Å². The molecule has 0 radical (unpaired) electrons. The van der Waals surface area contributed by atoms with Gasteiger partial charge in [0.2, 0.25) is 0 Å². The van der Waals surface area contributed by atoms with Gasteiger partial charge in [0.05, 0.1) is 0 Å². The number of carboxylic acid groups (broad SMARTS) is 1. The maximum absolute atomic E-state index is 11.7. The minimum absolute atomic E-state index is 0.169. The molecule has 0 aliphatic carbocycles. The molecule has 10 heteroatoms. The van der Waals surface area contributed by atoms with Gasteiger partial charge in [-0.25, -0.2) is 0 Å². The Balaban J connectivity index is 2.90. The zero-order valence-corrected chi connectivity index (χ0v) is 14.6. The summed E-state index contributed by atoms with van der Waals surface area (Å²) in [6.07, 6.45) is 1.22. The van der Waals surface area contributed by atoms with Crippen LogP contribution in [0.3, 0.4) is 0 Å². The number of likely N-dealkylation sites (N-methyl/N-ethyl adjacent to an activating group) is 1. The molecule has 9 nitrogen and oxygen atoms in total. The van der Waals surface area contributed by atoms with Crippen LogP contribution in [0.5, 0.6) is 0 Å². The van der Waals surface area contributed by atoms with Gasteiger partial charge in [-0.1, -0.05) is 6.42 Å². The molecule has 0 aromatic heterocycles. The van der Waals surface area contributed by atoms with Crippen LogP contribution in [0.4, 0.5) is 0 Å². The molecule has 24 heavy (non-hydrogen) atoms. The van der Waals surface area contributed by atoms with Crippen molar-refractivity contribution in [2.24, 2.45) is 22.4 Å². The van der Waals surface area contributed by atoms with E-state index in [0.29, 0.717) is 45.0 Å². The summed E-state index contributed by atoms with van der Waals surface area (Å²) in [6.45, 7) is 4.45. The highest BCUT2D eigenvalue weighted by atomic mass is 16.4. The second kappa shape index (κ2) is 9.21. The van der Waals surface area contributed by atoms with Crippen LogP contribution in [-0.2, 0) is 4.79 Å². The lowest BCUT2D eigenvalue weighted by molar-refractivity contribution is -0.144. The molecule has 138 valence electrons. The van der Waals surface area contributed by atoms with Gasteiger partial charge in [-0.3, -0.25) is 9.79 Å². The van der Waals surface area contributed by atoms with E-state index in [4.69, 9.17) is 21.5 Å². The molecule has 0 saturated carbocycles. The van der Waals surface area contributed by atoms with E-state index in [0.717, 1.165) is 0 Å². The third kappa shape index (κ3) is 4.82. The van der Waals surface area contributed by atoms with E-state index in [9.17, 15) is 9.90 Å². The molecule has 0 aromatic carbocycles. The molecular formula is C14H30BN5O4. The van der Waals surface area contributed by atoms with E-state index in [1.54, 1.807) is 7.05 Å². The van der Waals surface area contributed by atoms with E-state index in [2.05, 4.69) is 4.99 Å². The number of aliphatic carboxylic acids is 1. The average Bonchev–Trinajstić information content (AvgIpc) is 2.85. The maximum Gasteiger partial charge on any atom is 0.451 e. The number of guanidine groups is 1. The largest absolute Gasteiger partial charge is 0.480 e. The smallest absolute Gasteiger partial charge is 0.451 e. The van der Waals surface area contributed by atoms with Gasteiger partial charge in [0.1, 0.15) is 5.54 Å². The van der Waals surface area contributed by atoms with E-state index in [1.807, 2.05) is 16.7 Å². The number of carboxylic acids is 1. The summed E-state index contributed by atoms with van der Waals surface area (Å²) in [5.74, 6) is -0.636. The van der Waals surface area contributed by atoms with Crippen molar-refractivity contribution in [3.63, 3.8) is 0 Å². The molecule has 0 spiro atoms. The van der Waals surface area contributed by atoms with Gasteiger partial charge in [0.15, 0.2) is 5.96 Å². The van der Waals surface area contributed by atoms with Gasteiger partial charge in [-0.05, 0) is 19.7 Å². The first-order valence-electron chi connectivity index (χ1n) is 8.35. The van der Waals surface area contributed by atoms with Crippen LogP contribution in [0.2, 0.25) is 6.32 Å². The Morgan fingerprint density at radius 3 is 2.62 bits per heavy atom. The van der Waals surface area contributed by atoms with Crippen LogP contribution in [-0.4, -0.2) is 89.3 Å². The van der Waals surface area contributed by atoms with Crippen molar-refractivity contribution < 1.29 is 19.9 Å². The van der Waals surface area contributed by atoms with Crippen LogP contribution in [0, 0.1) is 5.92 Å². The molecule has 7 N–H and O–H groups in total. The molecular weight excluding hydrogens is 313 g/mol. The molecule has 2 unspecified atom stereocenters. The van der Waals surface area contributed by atoms with Gasteiger partial charge in [0, 0.05) is 45.7 Å². The Kier molecular flexibility index (Phi) is 7.94. The van der Waals surface area contributed by atoms with Gasteiger partial charge >= 0.3 is 13.1 Å². The first-order valence-corrected chi connectivity index (χ1v) is 8.35. The van der Waals surface area contributed by atoms with Crippen molar-refractivity contribution in [1.82, 2.24) is 9.80 Å². The number of nitrogens with zero attached hydrogens (tertiary/aromatic N) is 3. The van der Waals surface area contributed by atoms with Crippen molar-refractivity contribution in [3.8, 4) is 0 Å². The SMILES string of the molecule is CCN(CCN)/C(=N\C)N1CC(CCCB(O)O)C(N)(C(=O)O)C1. The molecule has 1 fully saturated rings. The van der Waals surface area contributed by atoms with E-state index < -0.39 is 18.6 Å². The Hall–Kier alpha value is -1.36. The molecule has 1 saturated heterocycles. The zero-order valence-electron chi connectivity index (χ0n) is 14.6. The Morgan fingerprint density at radius 2 is 2.17 bits per heavy atom. The first-order chi connectivity index (χ1) is 11.3. The second-order valence-electron chi connectivity index (χ2n) is 6.23. The van der Waals surface area contributed by atoms with Crippen molar-refractivity contribution in [3.05, 3.63) is 0 Å². The standard InChI is InChI=1S/C14H30BN5O4/c1-3-19(8-7-16)13(18-2)20-9-11(5-4-6-15(23)24)14(17,10-20)12(21)22/h11,23-24H,3-10,16-17H2,1-2H3,(H,21,22)/b18-13+. The molecule has 0 bridgehead atoms. The van der Waals surface area contributed by atoms with Gasteiger partial charge in [-0.15, -0.1) is 0 Å². The van der Waals surface area contributed by atoms with Crippen LogP contribution in [0.15, 0.2) is 4.99 Å². The normalized spacial score (nSPS) is 24.3. The highest BCUT2D eigenvalue weighted by Crippen LogP contribution is 2.31. The topological polar surface area (TPSA) is 149 Å². The lowest BCUT2D eigenvalue weighted by atomic mass is 9.78. The quantitative estimate of drug-likeness (QED) is 0.197. The van der Waals surface area contributed by atoms with Crippen LogP contribution >= 0.6 is 0 Å². The highest BCUT2D eigenvalue weighted by molar-refractivity contribution is 6.40. The Morgan fingerprint density at radius 1 is 1.50 bits per heavy atom. The zero-order chi connectivity index (χ0) is 18.3. The highest BCUT2D eigenvalue weighted by Gasteiger charge is 2.50. The molecule has 0 amide bonds. The fraction of sp³-hybridized carbons (Fsp3) is 0.857. The van der Waals surface area contributed by atoms with Gasteiger partial charge < -0.3 is 36.4 Å². The number of carbonyl (C=O) groups is 1. The maximum atomic E-state index is 11.7. The number of rotatable bonds is 8. The first kappa shape index (κ1) is 20.7. The number of likely N-dealkylation sites (tertiary alicyclic amines) is 1. The van der Waals surface area contributed by atoms with E-state index in [1.165, 1.54) is 0 Å². The van der Waals surface area contributed by atoms with Crippen molar-refractivity contribution >= 4 is 19.0 Å². The summed E-state index contributed by atoms with van der Waals surface area (Å²) in [7, 11) is 0.288. The van der Waals surface area contributed by atoms with E-state index >= 15 is 0 Å². The van der Waals surface area contributed by atoms with Crippen LogP contribution in [0.1, 0.15) is 19.8 Å². The second-order valence-corrected chi connectivity index (χ2v) is 6.23. The van der Waals surface area contributed by atoms with E-state index in [-0.39, 0.29) is 18.8 Å². The summed E-state index contributed by atoms with van der Waals surface area (Å²) in [5.41, 5.74) is 10.5. The third-order valence-electron chi connectivity index (χ3n) is 4.58. The number of nitrogens with two attached hydrogens (primary N) is 2. The Labute approximate surface area is 143 Å². The summed E-state index contributed by atoms with van der Waals surface area (Å²) in [6, 6.07) is 0. The van der Waals surface area contributed by atoms with Gasteiger partial charge in [-0.2, -0.15) is 0 Å². The van der Waals surface area contributed by atoms with Crippen molar-refractivity contribution in [2.45, 2.75) is 31.6 Å². The minimum Gasteiger partial charge on any atom is -0.480 e. The summed E-state index contributed by atoms with van der Waals surface area (Å²) in [4.78, 5) is 19.9. The number of hydrogen-bond acceptors (Lipinski definition) is 6. The minimum atomic E-state index is -1.38. The van der Waals surface area contributed by atoms with Crippen LogP contribution in [0.25, 0.3) is 0 Å².